The minimum Gasteiger partial charge on any atom is -0.422 e. The van der Waals surface area contributed by atoms with Crippen molar-refractivity contribution in [2.45, 2.75) is 33.1 Å². The highest BCUT2D eigenvalue weighted by Gasteiger charge is 2.20. The average Bonchev–Trinajstić information content (AvgIpc) is 2.54. The van der Waals surface area contributed by atoms with Gasteiger partial charge in [-0.05, 0) is 30.7 Å². The van der Waals surface area contributed by atoms with Crippen LogP contribution in [0.5, 0.6) is 0 Å². The van der Waals surface area contributed by atoms with Gasteiger partial charge >= 0.3 is 5.63 Å². The van der Waals surface area contributed by atoms with Crippen molar-refractivity contribution in [1.82, 2.24) is 10.2 Å². The van der Waals surface area contributed by atoms with E-state index in [-0.39, 0.29) is 16.8 Å². The van der Waals surface area contributed by atoms with Crippen LogP contribution >= 0.6 is 0 Å². The molecule has 0 aliphatic rings. The molecule has 3 aromatic rings. The highest BCUT2D eigenvalue weighted by molar-refractivity contribution is 6.06. The van der Waals surface area contributed by atoms with Crippen molar-refractivity contribution in [3.63, 3.8) is 0 Å². The number of para-hydroxylation sites is 1. The van der Waals surface area contributed by atoms with Gasteiger partial charge in [0, 0.05) is 10.8 Å². The van der Waals surface area contributed by atoms with Gasteiger partial charge in [0.1, 0.15) is 11.1 Å². The fraction of sp³-hybridized carbons (Fsp3) is 0.263. The zero-order valence-electron chi connectivity index (χ0n) is 14.6. The molecule has 2 heterocycles. The molecule has 0 aliphatic carbocycles. The van der Waals surface area contributed by atoms with Gasteiger partial charge in [-0.3, -0.25) is 4.79 Å². The van der Waals surface area contributed by atoms with Crippen LogP contribution in [0.1, 0.15) is 42.4 Å². The van der Waals surface area contributed by atoms with Gasteiger partial charge in [-0.15, -0.1) is 5.10 Å². The Morgan fingerprint density at radius 2 is 1.80 bits per heavy atom. The lowest BCUT2D eigenvalue weighted by molar-refractivity contribution is 0.102. The smallest absolute Gasteiger partial charge is 0.349 e. The Morgan fingerprint density at radius 1 is 1.08 bits per heavy atom. The predicted molar refractivity (Wildman–Crippen MR) is 95.9 cm³/mol. The summed E-state index contributed by atoms with van der Waals surface area (Å²) in [6, 6.07) is 10.6. The number of hydrogen-bond acceptors (Lipinski definition) is 5. The lowest BCUT2D eigenvalue weighted by atomic mass is 9.92. The van der Waals surface area contributed by atoms with Crippen molar-refractivity contribution in [1.29, 1.82) is 0 Å². The highest BCUT2D eigenvalue weighted by atomic mass is 16.4. The molecule has 25 heavy (non-hydrogen) atoms. The molecule has 0 unspecified atom stereocenters. The van der Waals surface area contributed by atoms with Crippen molar-refractivity contribution in [2.24, 2.45) is 0 Å². The van der Waals surface area contributed by atoms with E-state index in [1.54, 1.807) is 31.2 Å². The van der Waals surface area contributed by atoms with Crippen LogP contribution in [0.2, 0.25) is 0 Å². The van der Waals surface area contributed by atoms with Crippen molar-refractivity contribution in [3.05, 3.63) is 63.6 Å². The summed E-state index contributed by atoms with van der Waals surface area (Å²) in [6.45, 7) is 7.80. The van der Waals surface area contributed by atoms with Crippen LogP contribution in [-0.2, 0) is 5.41 Å². The normalized spacial score (nSPS) is 11.5. The van der Waals surface area contributed by atoms with Gasteiger partial charge in [0.2, 0.25) is 0 Å². The van der Waals surface area contributed by atoms with Crippen molar-refractivity contribution in [2.75, 3.05) is 5.32 Å². The molecule has 0 bridgehead atoms. The SMILES string of the molecule is Cc1c(C(=O)Nc2ccc(C(C)(C)C)nn2)c(=O)oc2ccccc12. The molecule has 6 nitrogen and oxygen atoms in total. The van der Waals surface area contributed by atoms with Crippen LogP contribution in [0, 0.1) is 6.92 Å². The second kappa shape index (κ2) is 6.12. The average molecular weight is 337 g/mol. The standard InChI is InChI=1S/C19H19N3O3/c1-11-12-7-5-6-8-13(12)25-18(24)16(11)17(23)20-15-10-9-14(21-22-15)19(2,3)4/h5-10H,1-4H3,(H,20,22,23). The number of carbonyl (C=O) groups excluding carboxylic acids is 1. The summed E-state index contributed by atoms with van der Waals surface area (Å²) in [5.41, 5.74) is 1.01. The quantitative estimate of drug-likeness (QED) is 0.724. The number of carbonyl (C=O) groups is 1. The maximum Gasteiger partial charge on any atom is 0.349 e. The highest BCUT2D eigenvalue weighted by Crippen LogP contribution is 2.21. The van der Waals surface area contributed by atoms with Crippen LogP contribution in [0.15, 0.2) is 45.6 Å². The van der Waals surface area contributed by atoms with E-state index in [4.69, 9.17) is 4.42 Å². The van der Waals surface area contributed by atoms with Crippen LogP contribution in [-0.4, -0.2) is 16.1 Å². The van der Waals surface area contributed by atoms with Gasteiger partial charge < -0.3 is 9.73 Å². The molecule has 1 N–H and O–H groups in total. The molecule has 1 aromatic carbocycles. The number of aromatic nitrogens is 2. The fourth-order valence-electron chi connectivity index (χ4n) is 2.54. The third-order valence-electron chi connectivity index (χ3n) is 3.97. The number of nitrogens with one attached hydrogen (secondary N) is 1. The lowest BCUT2D eigenvalue weighted by Crippen LogP contribution is -2.23. The van der Waals surface area contributed by atoms with Crippen molar-refractivity contribution >= 4 is 22.7 Å². The summed E-state index contributed by atoms with van der Waals surface area (Å²) in [5.74, 6) is -0.278. The maximum atomic E-state index is 12.5. The molecule has 6 heteroatoms. The third kappa shape index (κ3) is 3.28. The van der Waals surface area contributed by atoms with Gasteiger partial charge in [-0.1, -0.05) is 39.0 Å². The van der Waals surface area contributed by atoms with Gasteiger partial charge in [-0.25, -0.2) is 4.79 Å². The van der Waals surface area contributed by atoms with E-state index in [0.29, 0.717) is 11.1 Å². The molecule has 0 atom stereocenters. The molecule has 0 fully saturated rings. The van der Waals surface area contributed by atoms with Crippen molar-refractivity contribution < 1.29 is 9.21 Å². The molecule has 0 saturated carbocycles. The maximum absolute atomic E-state index is 12.5. The van der Waals surface area contributed by atoms with E-state index in [9.17, 15) is 9.59 Å². The summed E-state index contributed by atoms with van der Waals surface area (Å²) >= 11 is 0. The molecule has 3 rings (SSSR count). The minimum absolute atomic E-state index is 0.0274. The summed E-state index contributed by atoms with van der Waals surface area (Å²) in [6.07, 6.45) is 0. The van der Waals surface area contributed by atoms with Gasteiger partial charge in [-0.2, -0.15) is 5.10 Å². The number of nitrogens with zero attached hydrogens (tertiary/aromatic N) is 2. The van der Waals surface area contributed by atoms with Crippen molar-refractivity contribution in [3.8, 4) is 0 Å². The summed E-state index contributed by atoms with van der Waals surface area (Å²) in [4.78, 5) is 24.8. The van der Waals surface area contributed by atoms with Gasteiger partial charge in [0.15, 0.2) is 5.82 Å². The van der Waals surface area contributed by atoms with Crippen LogP contribution in [0.3, 0.4) is 0 Å². The molecule has 0 aliphatic heterocycles. The largest absolute Gasteiger partial charge is 0.422 e. The summed E-state index contributed by atoms with van der Waals surface area (Å²) in [7, 11) is 0. The Bertz CT molecular complexity index is 999. The lowest BCUT2D eigenvalue weighted by Gasteiger charge is -2.16. The number of anilines is 1. The molecular formula is C19H19N3O3. The summed E-state index contributed by atoms with van der Waals surface area (Å²) in [5, 5.41) is 11.5. The molecule has 0 radical (unpaired) electrons. The van der Waals surface area contributed by atoms with E-state index >= 15 is 0 Å². The number of benzene rings is 1. The number of rotatable bonds is 2. The van der Waals surface area contributed by atoms with Crippen LogP contribution < -0.4 is 10.9 Å². The number of aryl methyl sites for hydroxylation is 1. The second-order valence-electron chi connectivity index (χ2n) is 6.89. The first kappa shape index (κ1) is 16.8. The van der Waals surface area contributed by atoms with E-state index in [1.807, 2.05) is 32.9 Å². The predicted octanol–water partition coefficient (Wildman–Crippen LogP) is 3.44. The molecule has 1 amide bonds. The summed E-state index contributed by atoms with van der Waals surface area (Å²) < 4.78 is 5.24. The Morgan fingerprint density at radius 3 is 2.44 bits per heavy atom. The van der Waals surface area contributed by atoms with Gasteiger partial charge in [0.05, 0.1) is 5.69 Å². The number of amides is 1. The van der Waals surface area contributed by atoms with E-state index in [1.165, 1.54) is 0 Å². The number of hydrogen-bond donors (Lipinski definition) is 1. The van der Waals surface area contributed by atoms with E-state index in [0.717, 1.165) is 11.1 Å². The topological polar surface area (TPSA) is 85.1 Å². The second-order valence-corrected chi connectivity index (χ2v) is 6.89. The van der Waals surface area contributed by atoms with E-state index in [2.05, 4.69) is 15.5 Å². The Balaban J connectivity index is 1.94. The Labute approximate surface area is 144 Å². The van der Waals surface area contributed by atoms with Gasteiger partial charge in [0.25, 0.3) is 5.91 Å². The molecular weight excluding hydrogens is 318 g/mol. The molecule has 0 spiro atoms. The van der Waals surface area contributed by atoms with Crippen LogP contribution in [0.4, 0.5) is 5.82 Å². The monoisotopic (exact) mass is 337 g/mol. The third-order valence-corrected chi connectivity index (χ3v) is 3.97. The molecule has 128 valence electrons. The molecule has 2 aromatic heterocycles. The first-order valence-electron chi connectivity index (χ1n) is 7.95. The minimum atomic E-state index is -0.673. The fourth-order valence-corrected chi connectivity index (χ4v) is 2.54. The Hall–Kier alpha value is -3.02. The van der Waals surface area contributed by atoms with E-state index < -0.39 is 11.5 Å². The van der Waals surface area contributed by atoms with Crippen LogP contribution in [0.25, 0.3) is 11.0 Å². The zero-order valence-corrected chi connectivity index (χ0v) is 14.6. The molecule has 0 saturated heterocycles. The number of fused-ring (bicyclic) bond motifs is 1. The first-order valence-corrected chi connectivity index (χ1v) is 7.95. The Kier molecular flexibility index (Phi) is 4.12. The first-order chi connectivity index (χ1) is 11.8. The zero-order chi connectivity index (χ0) is 18.2.